The highest BCUT2D eigenvalue weighted by molar-refractivity contribution is 8.01. The molecule has 11 aromatic rings. The first kappa shape index (κ1) is 71.8. The summed E-state index contributed by atoms with van der Waals surface area (Å²) in [6.45, 7) is 1.85. The molecule has 0 saturated carbocycles. The zero-order chi connectivity index (χ0) is 67.7. The van der Waals surface area contributed by atoms with Crippen molar-refractivity contribution in [3.8, 4) is 18.2 Å². The van der Waals surface area contributed by atoms with Crippen LogP contribution in [0.1, 0.15) is 60.9 Å². The first-order chi connectivity index (χ1) is 44.5. The van der Waals surface area contributed by atoms with Crippen molar-refractivity contribution in [2.45, 2.75) is 34.5 Å². The van der Waals surface area contributed by atoms with Crippen molar-refractivity contribution in [2.24, 2.45) is 0 Å². The van der Waals surface area contributed by atoms with E-state index >= 15 is 0 Å². The first-order valence-corrected chi connectivity index (χ1v) is 31.5. The van der Waals surface area contributed by atoms with E-state index in [0.717, 1.165) is 28.5 Å². The molecule has 4 unspecified atom stereocenters. The van der Waals surface area contributed by atoms with Crippen molar-refractivity contribution in [1.82, 2.24) is 30.2 Å². The third-order valence-corrected chi connectivity index (χ3v) is 15.8. The third-order valence-electron chi connectivity index (χ3n) is 11.9. The summed E-state index contributed by atoms with van der Waals surface area (Å²) < 4.78 is 95.3. The first-order valence-electron chi connectivity index (χ1n) is 26.0. The zero-order valence-electron chi connectivity index (χ0n) is 48.3. The van der Waals surface area contributed by atoms with Crippen LogP contribution in [0, 0.1) is 40.9 Å². The van der Waals surface area contributed by atoms with Crippen LogP contribution in [-0.4, -0.2) is 117 Å². The maximum atomic E-state index is 12.3. The van der Waals surface area contributed by atoms with Gasteiger partial charge in [-0.25, -0.2) is 29.1 Å². The molecule has 480 valence electrons. The molecule has 0 aliphatic carbocycles. The average Bonchev–Trinajstić information content (AvgIpc) is 1.92. The molecule has 4 N–H and O–H groups in total. The lowest BCUT2D eigenvalue weighted by Crippen LogP contribution is -2.39. The number of esters is 2. The Balaban J connectivity index is 0.000000180. The maximum absolute atomic E-state index is 12.3. The minimum absolute atomic E-state index is 0.00543. The normalized spacial score (nSPS) is 13.4. The van der Waals surface area contributed by atoms with Crippen molar-refractivity contribution < 1.29 is 90.8 Å². The van der Waals surface area contributed by atoms with Gasteiger partial charge in [0.15, 0.2) is 72.1 Å². The second-order valence-electron chi connectivity index (χ2n) is 18.1. The number of nitrogens with zero attached hydrogens (tertiary/aromatic N) is 8. The van der Waals surface area contributed by atoms with E-state index in [4.69, 9.17) is 54.3 Å². The molecule has 1 saturated heterocycles. The smallest absolute Gasteiger partial charge is 0.394 e. The fraction of sp³-hybridized carbons (Fsp3) is 0.169. The van der Waals surface area contributed by atoms with E-state index in [1.807, 2.05) is 25.1 Å². The summed E-state index contributed by atoms with van der Waals surface area (Å²) in [5, 5.41) is 37.6. The fourth-order valence-electron chi connectivity index (χ4n) is 7.42. The van der Waals surface area contributed by atoms with Crippen LogP contribution in [0.3, 0.4) is 0 Å². The van der Waals surface area contributed by atoms with Gasteiger partial charge in [-0.15, -0.1) is 23.5 Å². The molecule has 6 heterocycles. The molecule has 29 nitrogen and oxygen atoms in total. The molecule has 0 bridgehead atoms. The van der Waals surface area contributed by atoms with Gasteiger partial charge in [0.1, 0.15) is 50.4 Å². The number of thioether (sulfide) groups is 2. The number of nitriles is 3. The van der Waals surface area contributed by atoms with Gasteiger partial charge in [0.05, 0.1) is 48.5 Å². The Hall–Kier alpha value is -10.3. The maximum Gasteiger partial charge on any atom is 0.394 e. The van der Waals surface area contributed by atoms with Crippen molar-refractivity contribution >= 4 is 142 Å². The number of aliphatic hydroxyl groups excluding tert-OH is 1. The Labute approximate surface area is 540 Å². The average molecular weight is 1360 g/mol. The van der Waals surface area contributed by atoms with Crippen LogP contribution in [0.2, 0.25) is 0 Å². The highest BCUT2D eigenvalue weighted by Gasteiger charge is 2.29. The number of thiol groups is 1. The molecule has 0 radical (unpaired) electrons. The van der Waals surface area contributed by atoms with Gasteiger partial charge in [0.2, 0.25) is 11.8 Å². The van der Waals surface area contributed by atoms with Crippen LogP contribution >= 0.6 is 36.2 Å². The van der Waals surface area contributed by atoms with Crippen molar-refractivity contribution in [2.75, 3.05) is 31.5 Å². The van der Waals surface area contributed by atoms with Gasteiger partial charge in [-0.1, -0.05) is 42.0 Å². The molecule has 6 aromatic carbocycles. The van der Waals surface area contributed by atoms with E-state index in [0.29, 0.717) is 72.4 Å². The summed E-state index contributed by atoms with van der Waals surface area (Å²) in [5.74, 6) is -0.538. The number of amides is 2. The molecule has 0 spiro atoms. The molecule has 34 heteroatoms. The Morgan fingerprint density at radius 2 is 1.12 bits per heavy atom. The molecule has 93 heavy (non-hydrogen) atoms. The molecule has 12 rings (SSSR count). The monoisotopic (exact) mass is 1360 g/mol. The van der Waals surface area contributed by atoms with Crippen LogP contribution in [0.4, 0.5) is 0 Å². The Morgan fingerprint density at radius 1 is 0.667 bits per heavy atom. The van der Waals surface area contributed by atoms with Gasteiger partial charge in [-0.3, -0.25) is 38.4 Å². The number of carbonyl (C=O) groups is 5. The molecular weight excluding hydrogens is 1320 g/mol. The standard InChI is InChI=1S/C16H12N2O4S.C12H10N2O3S.C11H8N2O3S.C9H6N2O2.C8H5NO2.C3H6O2S.H2O4S/c1-11-2-5-13(6-3-11)23(19,20)22-16(9-17)12-4-7-15-14(8-12)18-10-21-15;1-16-12(15)6-18-11(5-13)8-2-3-10-9(4-8)14-7-17-10;14-9-4-17-10(11(15)13-9)6-1-2-8-7(3-6)12-5-16-8;10-4-8(12)6-1-2-9-7(3-6)11-5-13-9;10-4-6-1-2-8-7(3-6)9-5-11-8;1-5-3(4)2-6;1-5(2,3)4/h2-8,10,16H,1H3;2-4,7,11H,6H2,1H3;1-3,5,10H,4H2,(H,13,14,15);1-3,5,8,12H;1-5H;6H,2H2,1H3;(H2,1,2,3,4). The Kier molecular flexibility index (Phi) is 26.8. The Bertz CT molecular complexity index is 4730. The topological polar surface area (TPSA) is 456 Å². The number of rotatable bonds is 12. The van der Waals surface area contributed by atoms with Crippen molar-refractivity contribution in [3.63, 3.8) is 0 Å². The number of fused-ring (bicyclic) bond motifs is 5. The molecular formula is C59H49N9O20S5. The lowest BCUT2D eigenvalue weighted by Gasteiger charge is -2.20. The summed E-state index contributed by atoms with van der Waals surface area (Å²) >= 11 is 6.17. The van der Waals surface area contributed by atoms with Crippen LogP contribution in [0.5, 0.6) is 0 Å². The second-order valence-corrected chi connectivity index (χ2v) is 23.1. The zero-order valence-corrected chi connectivity index (χ0v) is 52.5. The van der Waals surface area contributed by atoms with Crippen LogP contribution in [-0.2, 0) is 53.4 Å². The van der Waals surface area contributed by atoms with Gasteiger partial charge < -0.3 is 36.7 Å². The van der Waals surface area contributed by atoms with E-state index in [-0.39, 0.29) is 45.4 Å². The van der Waals surface area contributed by atoms with Gasteiger partial charge in [-0.05, 0) is 108 Å². The predicted octanol–water partition coefficient (Wildman–Crippen LogP) is 9.13. The summed E-state index contributed by atoms with van der Waals surface area (Å²) in [4.78, 5) is 73.8. The molecule has 1 aliphatic heterocycles. The van der Waals surface area contributed by atoms with Crippen molar-refractivity contribution in [1.29, 1.82) is 15.8 Å². The number of methoxy groups -OCH3 is 2. The molecule has 2 amide bonds. The number of hydrogen-bond acceptors (Lipinski definition) is 29. The van der Waals surface area contributed by atoms with Gasteiger partial charge in [0.25, 0.3) is 10.1 Å². The molecule has 1 fully saturated rings. The summed E-state index contributed by atoms with van der Waals surface area (Å²) in [6.07, 6.45) is 5.12. The van der Waals surface area contributed by atoms with Gasteiger partial charge in [0, 0.05) is 5.56 Å². The van der Waals surface area contributed by atoms with E-state index < -0.39 is 38.0 Å². The van der Waals surface area contributed by atoms with E-state index in [2.05, 4.69) is 58.4 Å². The minimum Gasteiger partial charge on any atom is -0.468 e. The van der Waals surface area contributed by atoms with Crippen LogP contribution in [0.15, 0.2) is 174 Å². The summed E-state index contributed by atoms with van der Waals surface area (Å²) in [7, 11) is -6.05. The predicted molar refractivity (Wildman–Crippen MR) is 335 cm³/mol. The SMILES string of the molecule is COC(=O)CS.COC(=O)CSC(C#N)c1ccc2ocnc2c1.Cc1ccc(S(=O)(=O)OC(C#N)c2ccc3ocnc3c2)cc1.N#CC(O)c1ccc2ocnc2c1.O=C1CSC(c2ccc3ocnc3c2)C(=O)N1.O=Cc1ccc2ocnc2c1.O=S(=O)(O)O. The number of nitrogens with one attached hydrogen (secondary N) is 1. The van der Waals surface area contributed by atoms with Crippen molar-refractivity contribution in [3.05, 3.63) is 181 Å². The number of hydrogen-bond donors (Lipinski definition) is 5. The number of aromatic nitrogens is 5. The highest BCUT2D eigenvalue weighted by Crippen LogP contribution is 2.34. The number of carbonyl (C=O) groups excluding carboxylic acids is 5. The Morgan fingerprint density at radius 3 is 1.57 bits per heavy atom. The van der Waals surface area contributed by atoms with Crippen LogP contribution < -0.4 is 5.32 Å². The number of ether oxygens (including phenoxy) is 2. The fourth-order valence-corrected chi connectivity index (χ4v) is 10.3. The number of benzene rings is 6. The largest absolute Gasteiger partial charge is 0.468 e. The number of aldehydes is 1. The van der Waals surface area contributed by atoms with E-state index in [9.17, 15) is 42.8 Å². The summed E-state index contributed by atoms with van der Waals surface area (Å²) in [6, 6.07) is 37.5. The van der Waals surface area contributed by atoms with Gasteiger partial charge in [-0.2, -0.15) is 45.3 Å². The van der Waals surface area contributed by atoms with Crippen LogP contribution in [0.25, 0.3) is 55.5 Å². The number of aryl methyl sites for hydroxylation is 1. The molecule has 1 aliphatic rings. The van der Waals surface area contributed by atoms with E-state index in [1.165, 1.54) is 81.8 Å². The van der Waals surface area contributed by atoms with Gasteiger partial charge >= 0.3 is 22.3 Å². The quantitative estimate of drug-likeness (QED) is 0.0145. The molecule has 5 aromatic heterocycles. The number of aliphatic hydroxyl groups is 1. The number of imide groups is 1. The third kappa shape index (κ3) is 22.0. The minimum atomic E-state index is -4.67. The lowest BCUT2D eigenvalue weighted by molar-refractivity contribution is -0.138. The summed E-state index contributed by atoms with van der Waals surface area (Å²) in [5.41, 5.74) is 10.7. The van der Waals surface area contributed by atoms with E-state index in [1.54, 1.807) is 97.1 Å². The molecule has 4 atom stereocenters. The lowest BCUT2D eigenvalue weighted by atomic mass is 10.1. The highest BCUT2D eigenvalue weighted by atomic mass is 32.3. The number of oxazole rings is 5. The second kappa shape index (κ2) is 34.8.